The molecule has 2 atom stereocenters. The Labute approximate surface area is 122 Å². The highest BCUT2D eigenvalue weighted by Crippen LogP contribution is 2.39. The zero-order valence-corrected chi connectivity index (χ0v) is 12.0. The second-order valence-corrected chi connectivity index (χ2v) is 4.82. The molecule has 116 valence electrons. The van der Waals surface area contributed by atoms with Gasteiger partial charge in [0.15, 0.2) is 0 Å². The van der Waals surface area contributed by atoms with Crippen LogP contribution >= 0.6 is 0 Å². The van der Waals surface area contributed by atoms with Gasteiger partial charge >= 0.3 is 5.97 Å². The van der Waals surface area contributed by atoms with Crippen molar-refractivity contribution in [2.45, 2.75) is 32.0 Å². The van der Waals surface area contributed by atoms with E-state index in [-0.39, 0.29) is 29.9 Å². The number of carbonyl (C=O) groups is 1. The molecule has 0 bridgehead atoms. The number of benzene rings is 1. The maximum Gasteiger partial charge on any atom is 0.303 e. The maximum atomic E-state index is 10.6. The zero-order valence-electron chi connectivity index (χ0n) is 12.0. The molecular formula is C15H20O6. The number of hydrogen-bond donors (Lipinski definition) is 4. The number of carboxylic acid groups (broad SMARTS) is 1. The van der Waals surface area contributed by atoms with Crippen LogP contribution in [0.25, 0.3) is 0 Å². The van der Waals surface area contributed by atoms with Gasteiger partial charge < -0.3 is 25.2 Å². The van der Waals surface area contributed by atoms with Gasteiger partial charge in [0, 0.05) is 6.42 Å². The second kappa shape index (κ2) is 7.10. The van der Waals surface area contributed by atoms with E-state index in [4.69, 9.17) is 9.84 Å². The summed E-state index contributed by atoms with van der Waals surface area (Å²) in [4.78, 5) is 10.6. The number of aliphatic carboxylic acids is 1. The number of phenolic OH excluding ortho intramolecular Hbond substituents is 1. The molecule has 0 saturated heterocycles. The van der Waals surface area contributed by atoms with Gasteiger partial charge in [-0.2, -0.15) is 0 Å². The molecule has 1 rings (SSSR count). The molecular weight excluding hydrogens is 276 g/mol. The van der Waals surface area contributed by atoms with Crippen molar-refractivity contribution in [3.05, 3.63) is 35.4 Å². The molecule has 0 aliphatic heterocycles. The first-order chi connectivity index (χ1) is 9.79. The predicted molar refractivity (Wildman–Crippen MR) is 76.4 cm³/mol. The molecule has 0 spiro atoms. The second-order valence-electron chi connectivity index (χ2n) is 4.82. The van der Waals surface area contributed by atoms with Crippen molar-refractivity contribution in [2.75, 3.05) is 7.11 Å². The van der Waals surface area contributed by atoms with Gasteiger partial charge in [0.25, 0.3) is 0 Å². The third-order valence-corrected chi connectivity index (χ3v) is 3.19. The Balaban J connectivity index is 3.23. The molecule has 0 saturated carbocycles. The maximum absolute atomic E-state index is 10.6. The summed E-state index contributed by atoms with van der Waals surface area (Å²) in [5, 5.41) is 39.0. The molecule has 1 aromatic rings. The van der Waals surface area contributed by atoms with E-state index < -0.39 is 18.2 Å². The van der Waals surface area contributed by atoms with Crippen LogP contribution in [0.2, 0.25) is 0 Å². The quantitative estimate of drug-likeness (QED) is 0.566. The highest BCUT2D eigenvalue weighted by Gasteiger charge is 2.27. The molecule has 0 unspecified atom stereocenters. The van der Waals surface area contributed by atoms with E-state index in [1.165, 1.54) is 19.2 Å². The summed E-state index contributed by atoms with van der Waals surface area (Å²) in [6.07, 6.45) is -2.73. The van der Waals surface area contributed by atoms with Gasteiger partial charge in [-0.25, -0.2) is 0 Å². The molecule has 6 nitrogen and oxygen atoms in total. The molecule has 0 aliphatic carbocycles. The number of carboxylic acids is 1. The smallest absolute Gasteiger partial charge is 0.303 e. The molecule has 6 heteroatoms. The highest BCUT2D eigenvalue weighted by atomic mass is 16.5. The summed E-state index contributed by atoms with van der Waals surface area (Å²) >= 11 is 0. The van der Waals surface area contributed by atoms with E-state index in [0.29, 0.717) is 11.1 Å². The molecule has 0 aromatic heterocycles. The normalized spacial score (nSPS) is 13.5. The van der Waals surface area contributed by atoms with Gasteiger partial charge in [-0.05, 0) is 30.5 Å². The Bertz CT molecular complexity index is 537. The van der Waals surface area contributed by atoms with Crippen molar-refractivity contribution < 1.29 is 30.0 Å². The summed E-state index contributed by atoms with van der Waals surface area (Å²) < 4.78 is 5.08. The lowest BCUT2D eigenvalue weighted by Gasteiger charge is -2.22. The predicted octanol–water partition coefficient (Wildman–Crippen LogP) is 1.39. The topological polar surface area (TPSA) is 107 Å². The van der Waals surface area contributed by atoms with Crippen LogP contribution in [0.4, 0.5) is 0 Å². The summed E-state index contributed by atoms with van der Waals surface area (Å²) in [6, 6.07) is 3.04. The minimum Gasteiger partial charge on any atom is -0.507 e. The van der Waals surface area contributed by atoms with E-state index >= 15 is 0 Å². The fourth-order valence-corrected chi connectivity index (χ4v) is 1.97. The number of phenols is 1. The Morgan fingerprint density at radius 2 is 2.00 bits per heavy atom. The van der Waals surface area contributed by atoms with Gasteiger partial charge in [-0.15, -0.1) is 0 Å². The fourth-order valence-electron chi connectivity index (χ4n) is 1.97. The number of rotatable bonds is 7. The van der Waals surface area contributed by atoms with Crippen molar-refractivity contribution in [1.82, 2.24) is 0 Å². The molecule has 0 aliphatic rings. The Hall–Kier alpha value is -2.05. The summed E-state index contributed by atoms with van der Waals surface area (Å²) in [7, 11) is 1.37. The van der Waals surface area contributed by atoms with Crippen LogP contribution in [-0.2, 0) is 11.2 Å². The van der Waals surface area contributed by atoms with Crippen molar-refractivity contribution in [2.24, 2.45) is 0 Å². The molecule has 4 N–H and O–H groups in total. The van der Waals surface area contributed by atoms with Crippen molar-refractivity contribution in [3.8, 4) is 11.5 Å². The zero-order chi connectivity index (χ0) is 16.2. The van der Waals surface area contributed by atoms with Crippen LogP contribution in [0.5, 0.6) is 11.5 Å². The minimum atomic E-state index is -1.41. The molecule has 0 heterocycles. The van der Waals surface area contributed by atoms with Crippen molar-refractivity contribution >= 4 is 5.97 Å². The average molecular weight is 296 g/mol. The summed E-state index contributed by atoms with van der Waals surface area (Å²) in [5.41, 5.74) is 0.719. The molecule has 0 fully saturated rings. The van der Waals surface area contributed by atoms with E-state index in [1.54, 1.807) is 6.92 Å². The molecule has 1 aromatic carbocycles. The molecule has 0 amide bonds. The Kier molecular flexibility index (Phi) is 5.75. The molecule has 21 heavy (non-hydrogen) atoms. The fraction of sp³-hybridized carbons (Fsp3) is 0.400. The van der Waals surface area contributed by atoms with Gasteiger partial charge in [0.05, 0.1) is 12.7 Å². The monoisotopic (exact) mass is 296 g/mol. The first-order valence-corrected chi connectivity index (χ1v) is 6.41. The lowest BCUT2D eigenvalue weighted by molar-refractivity contribution is -0.136. The number of methoxy groups -OCH3 is 1. The average Bonchev–Trinajstić information content (AvgIpc) is 2.43. The van der Waals surface area contributed by atoms with Crippen molar-refractivity contribution in [3.63, 3.8) is 0 Å². The van der Waals surface area contributed by atoms with Crippen LogP contribution in [0, 0.1) is 0 Å². The Morgan fingerprint density at radius 3 is 2.48 bits per heavy atom. The van der Waals surface area contributed by atoms with Gasteiger partial charge in [-0.1, -0.05) is 12.6 Å². The highest BCUT2D eigenvalue weighted by molar-refractivity contribution is 5.67. The number of hydrogen-bond acceptors (Lipinski definition) is 5. The number of aromatic hydroxyl groups is 1. The van der Waals surface area contributed by atoms with Crippen molar-refractivity contribution in [1.29, 1.82) is 0 Å². The lowest BCUT2D eigenvalue weighted by Crippen LogP contribution is -2.20. The summed E-state index contributed by atoms with van der Waals surface area (Å²) in [6.45, 7) is 5.11. The number of aryl methyl sites for hydroxylation is 1. The third kappa shape index (κ3) is 3.96. The van der Waals surface area contributed by atoms with E-state index in [9.17, 15) is 20.1 Å². The first-order valence-electron chi connectivity index (χ1n) is 6.41. The number of aliphatic hydroxyl groups is 2. The van der Waals surface area contributed by atoms with Crippen LogP contribution < -0.4 is 4.74 Å². The van der Waals surface area contributed by atoms with Crippen LogP contribution in [0.3, 0.4) is 0 Å². The first kappa shape index (κ1) is 17.0. The largest absolute Gasteiger partial charge is 0.507 e. The van der Waals surface area contributed by atoms with E-state index in [2.05, 4.69) is 6.58 Å². The van der Waals surface area contributed by atoms with E-state index in [1.807, 2.05) is 0 Å². The SMILES string of the molecule is C=C(C)[C@@H](O)[C@@H](O)c1c(OC)ccc(CCC(=O)O)c1O. The number of ether oxygens (including phenoxy) is 1. The van der Waals surface area contributed by atoms with E-state index in [0.717, 1.165) is 0 Å². The van der Waals surface area contributed by atoms with Crippen LogP contribution in [0.1, 0.15) is 30.6 Å². The van der Waals surface area contributed by atoms with Crippen LogP contribution in [0.15, 0.2) is 24.3 Å². The van der Waals surface area contributed by atoms with Gasteiger partial charge in [0.1, 0.15) is 23.7 Å². The van der Waals surface area contributed by atoms with Gasteiger partial charge in [0.2, 0.25) is 0 Å². The molecule has 0 radical (unpaired) electrons. The third-order valence-electron chi connectivity index (χ3n) is 3.19. The van der Waals surface area contributed by atoms with Gasteiger partial charge in [-0.3, -0.25) is 4.79 Å². The standard InChI is InChI=1S/C15H20O6/c1-8(2)13(18)15(20)12-10(21-3)6-4-9(14(12)19)5-7-11(16)17/h4,6,13,15,18-20H,1,5,7H2,2-3H3,(H,16,17)/t13-,15+/m1/s1. The van der Waals surface area contributed by atoms with Crippen LogP contribution in [-0.4, -0.2) is 39.6 Å². The minimum absolute atomic E-state index is 0.0240. The summed E-state index contributed by atoms with van der Waals surface area (Å²) in [5.74, 6) is -1.06. The lowest BCUT2D eigenvalue weighted by atomic mass is 9.95. The Morgan fingerprint density at radius 1 is 1.38 bits per heavy atom. The number of aliphatic hydroxyl groups excluding tert-OH is 2.